The summed E-state index contributed by atoms with van der Waals surface area (Å²) >= 11 is 0. The van der Waals surface area contributed by atoms with Crippen molar-refractivity contribution in [2.75, 3.05) is 46.9 Å². The second-order valence-corrected chi connectivity index (χ2v) is 4.15. The maximum Gasteiger partial charge on any atom is 0.231 e. The molecule has 0 bridgehead atoms. The normalized spacial score (nSPS) is 12.7. The number of ether oxygens (including phenoxy) is 5. The first kappa shape index (κ1) is 14.8. The van der Waals surface area contributed by atoms with Crippen LogP contribution < -0.4 is 9.47 Å². The zero-order chi connectivity index (χ0) is 14.2. The molecule has 1 heterocycles. The van der Waals surface area contributed by atoms with E-state index < -0.39 is 0 Å². The summed E-state index contributed by atoms with van der Waals surface area (Å²) in [4.78, 5) is 11.9. The topological polar surface area (TPSA) is 63.2 Å². The van der Waals surface area contributed by atoms with Gasteiger partial charge in [0.25, 0.3) is 0 Å². The Kier molecular flexibility index (Phi) is 5.79. The lowest BCUT2D eigenvalue weighted by molar-refractivity contribution is 0.0253. The van der Waals surface area contributed by atoms with Crippen molar-refractivity contribution in [1.29, 1.82) is 0 Å². The van der Waals surface area contributed by atoms with Crippen molar-refractivity contribution in [2.24, 2.45) is 0 Å². The van der Waals surface area contributed by atoms with Crippen LogP contribution in [0.1, 0.15) is 10.4 Å². The minimum Gasteiger partial charge on any atom is -0.454 e. The van der Waals surface area contributed by atoms with Crippen LogP contribution in [0.2, 0.25) is 0 Å². The summed E-state index contributed by atoms with van der Waals surface area (Å²) in [7, 11) is 1.61. The van der Waals surface area contributed by atoms with E-state index in [1.807, 2.05) is 0 Å². The first-order valence-corrected chi connectivity index (χ1v) is 6.38. The quantitative estimate of drug-likeness (QED) is 0.502. The second-order valence-electron chi connectivity index (χ2n) is 4.15. The Labute approximate surface area is 117 Å². The molecule has 0 radical (unpaired) electrons. The Morgan fingerprint density at radius 2 is 1.85 bits per heavy atom. The first-order chi connectivity index (χ1) is 9.81. The Morgan fingerprint density at radius 3 is 2.70 bits per heavy atom. The average molecular weight is 282 g/mol. The summed E-state index contributed by atoms with van der Waals surface area (Å²) in [5.41, 5.74) is 0.551. The second kappa shape index (κ2) is 7.84. The molecule has 0 aliphatic carbocycles. The van der Waals surface area contributed by atoms with Gasteiger partial charge in [0.2, 0.25) is 6.79 Å². The Bertz CT molecular complexity index is 445. The van der Waals surface area contributed by atoms with E-state index in [0.29, 0.717) is 43.5 Å². The van der Waals surface area contributed by atoms with Crippen LogP contribution in [0.15, 0.2) is 18.2 Å². The van der Waals surface area contributed by atoms with Gasteiger partial charge in [-0.2, -0.15) is 0 Å². The minimum absolute atomic E-state index is 0.0211. The van der Waals surface area contributed by atoms with Gasteiger partial charge in [-0.25, -0.2) is 0 Å². The van der Waals surface area contributed by atoms with Crippen molar-refractivity contribution >= 4 is 5.78 Å². The molecule has 110 valence electrons. The summed E-state index contributed by atoms with van der Waals surface area (Å²) in [5, 5.41) is 0. The van der Waals surface area contributed by atoms with Crippen LogP contribution in [0.4, 0.5) is 0 Å². The molecule has 0 fully saturated rings. The zero-order valence-electron chi connectivity index (χ0n) is 11.4. The van der Waals surface area contributed by atoms with E-state index in [9.17, 15) is 4.79 Å². The molecule has 1 aliphatic heterocycles. The third kappa shape index (κ3) is 4.19. The maximum atomic E-state index is 11.9. The highest BCUT2D eigenvalue weighted by molar-refractivity contribution is 5.97. The minimum atomic E-state index is -0.0970. The molecule has 0 saturated heterocycles. The molecule has 20 heavy (non-hydrogen) atoms. The fourth-order valence-electron chi connectivity index (χ4n) is 1.68. The lowest BCUT2D eigenvalue weighted by Gasteiger charge is -2.05. The summed E-state index contributed by atoms with van der Waals surface area (Å²) in [6, 6.07) is 5.10. The number of hydrogen-bond donors (Lipinski definition) is 0. The van der Waals surface area contributed by atoms with Gasteiger partial charge in [-0.1, -0.05) is 0 Å². The number of ketones is 1. The van der Waals surface area contributed by atoms with Crippen LogP contribution in [0.5, 0.6) is 11.5 Å². The highest BCUT2D eigenvalue weighted by Gasteiger charge is 2.16. The SMILES string of the molecule is COCCOCCOCC(=O)c1ccc2c(c1)OCO2. The standard InChI is InChI=1S/C14H18O6/c1-16-4-5-17-6-7-18-9-12(15)11-2-3-13-14(8-11)20-10-19-13/h2-3,8H,4-7,9-10H2,1H3. The van der Waals surface area contributed by atoms with Crippen molar-refractivity contribution in [3.63, 3.8) is 0 Å². The molecule has 6 heteroatoms. The van der Waals surface area contributed by atoms with E-state index in [2.05, 4.69) is 0 Å². The molecule has 1 aromatic carbocycles. The molecular formula is C14H18O6. The van der Waals surface area contributed by atoms with E-state index >= 15 is 0 Å². The molecular weight excluding hydrogens is 264 g/mol. The van der Waals surface area contributed by atoms with Crippen molar-refractivity contribution < 1.29 is 28.5 Å². The van der Waals surface area contributed by atoms with Gasteiger partial charge in [-0.3, -0.25) is 4.79 Å². The third-order valence-corrected chi connectivity index (χ3v) is 2.73. The summed E-state index contributed by atoms with van der Waals surface area (Å²) in [6.07, 6.45) is 0. The molecule has 0 N–H and O–H groups in total. The molecule has 0 aromatic heterocycles. The fraction of sp³-hybridized carbons (Fsp3) is 0.500. The number of methoxy groups -OCH3 is 1. The van der Waals surface area contributed by atoms with Crippen LogP contribution >= 0.6 is 0 Å². The summed E-state index contributed by atoms with van der Waals surface area (Å²) < 4.78 is 25.7. The number of rotatable bonds is 9. The largest absolute Gasteiger partial charge is 0.454 e. The Morgan fingerprint density at radius 1 is 1.10 bits per heavy atom. The van der Waals surface area contributed by atoms with Gasteiger partial charge < -0.3 is 23.7 Å². The first-order valence-electron chi connectivity index (χ1n) is 6.38. The molecule has 0 spiro atoms. The van der Waals surface area contributed by atoms with Gasteiger partial charge in [0.05, 0.1) is 26.4 Å². The smallest absolute Gasteiger partial charge is 0.231 e. The monoisotopic (exact) mass is 282 g/mol. The number of Topliss-reactive ketones (excluding diaryl/α,β-unsaturated/α-hetero) is 1. The third-order valence-electron chi connectivity index (χ3n) is 2.73. The number of carbonyl (C=O) groups excluding carboxylic acids is 1. The highest BCUT2D eigenvalue weighted by atomic mass is 16.7. The number of fused-ring (bicyclic) bond motifs is 1. The van der Waals surface area contributed by atoms with E-state index in [0.717, 1.165) is 0 Å². The molecule has 0 atom stereocenters. The molecule has 1 aromatic rings. The van der Waals surface area contributed by atoms with Crippen LogP contribution in [0.3, 0.4) is 0 Å². The van der Waals surface area contributed by atoms with Crippen molar-refractivity contribution in [3.05, 3.63) is 23.8 Å². The molecule has 6 nitrogen and oxygen atoms in total. The van der Waals surface area contributed by atoms with Gasteiger partial charge in [0, 0.05) is 12.7 Å². The predicted octanol–water partition coefficient (Wildman–Crippen LogP) is 1.28. The van der Waals surface area contributed by atoms with E-state index in [1.165, 1.54) is 0 Å². The number of benzene rings is 1. The number of hydrogen-bond acceptors (Lipinski definition) is 6. The van der Waals surface area contributed by atoms with Crippen molar-refractivity contribution in [1.82, 2.24) is 0 Å². The maximum absolute atomic E-state index is 11.9. The summed E-state index contributed by atoms with van der Waals surface area (Å²) in [6.45, 7) is 2.11. The van der Waals surface area contributed by atoms with Gasteiger partial charge in [-0.05, 0) is 18.2 Å². The Balaban J connectivity index is 1.67. The van der Waals surface area contributed by atoms with Gasteiger partial charge >= 0.3 is 0 Å². The van der Waals surface area contributed by atoms with E-state index in [1.54, 1.807) is 25.3 Å². The zero-order valence-corrected chi connectivity index (χ0v) is 11.4. The summed E-state index contributed by atoms with van der Waals surface area (Å²) in [5.74, 6) is 1.16. The van der Waals surface area contributed by atoms with E-state index in [-0.39, 0.29) is 19.2 Å². The van der Waals surface area contributed by atoms with Crippen LogP contribution in [0.25, 0.3) is 0 Å². The average Bonchev–Trinajstić information content (AvgIpc) is 2.93. The van der Waals surface area contributed by atoms with Crippen LogP contribution in [0, 0.1) is 0 Å². The molecule has 0 unspecified atom stereocenters. The Hall–Kier alpha value is -1.63. The highest BCUT2D eigenvalue weighted by Crippen LogP contribution is 2.32. The lowest BCUT2D eigenvalue weighted by Crippen LogP contribution is -2.13. The fourth-order valence-corrected chi connectivity index (χ4v) is 1.68. The van der Waals surface area contributed by atoms with Crippen molar-refractivity contribution in [2.45, 2.75) is 0 Å². The molecule has 2 rings (SSSR count). The van der Waals surface area contributed by atoms with Crippen LogP contribution in [-0.4, -0.2) is 52.7 Å². The number of carbonyl (C=O) groups is 1. The molecule has 0 amide bonds. The van der Waals surface area contributed by atoms with Gasteiger partial charge in [0.15, 0.2) is 17.3 Å². The van der Waals surface area contributed by atoms with E-state index in [4.69, 9.17) is 23.7 Å². The predicted molar refractivity (Wildman–Crippen MR) is 70.4 cm³/mol. The lowest BCUT2D eigenvalue weighted by atomic mass is 10.1. The molecule has 0 saturated carbocycles. The van der Waals surface area contributed by atoms with Gasteiger partial charge in [-0.15, -0.1) is 0 Å². The van der Waals surface area contributed by atoms with Gasteiger partial charge in [0.1, 0.15) is 6.61 Å². The van der Waals surface area contributed by atoms with Crippen LogP contribution in [-0.2, 0) is 14.2 Å². The van der Waals surface area contributed by atoms with Crippen molar-refractivity contribution in [3.8, 4) is 11.5 Å². The molecule has 1 aliphatic rings.